The highest BCUT2D eigenvalue weighted by Crippen LogP contribution is 2.33. The Morgan fingerprint density at radius 3 is 1.78 bits per heavy atom. The molecule has 0 aromatic rings. The summed E-state index contributed by atoms with van der Waals surface area (Å²) in [6, 6.07) is -2.44. The van der Waals surface area contributed by atoms with Gasteiger partial charge in [-0.05, 0) is 0 Å². The van der Waals surface area contributed by atoms with Crippen molar-refractivity contribution in [1.29, 1.82) is 0 Å². The largest absolute Gasteiger partial charge is 0.479 e. The normalized spacial score (nSPS) is 35.7. The summed E-state index contributed by atoms with van der Waals surface area (Å²) in [5, 5.41) is 29.9. The van der Waals surface area contributed by atoms with E-state index < -0.39 is 115 Å². The van der Waals surface area contributed by atoms with Crippen LogP contribution in [0.25, 0.3) is 0 Å². The molecule has 0 spiro atoms. The van der Waals surface area contributed by atoms with Crippen molar-refractivity contribution in [2.24, 2.45) is 0 Å². The van der Waals surface area contributed by atoms with Crippen LogP contribution in [-0.2, 0) is 77.8 Å². The predicted molar refractivity (Wildman–Crippen MR) is 118 cm³/mol. The molecule has 0 aromatic heterocycles. The molecule has 0 unspecified atom stereocenters. The number of aliphatic hydroxyl groups is 2. The maximum absolute atomic E-state index is 11.7. The Hall–Kier alpha value is -1.29. The molecule has 0 bridgehead atoms. The fraction of sp³-hybridized carbons (Fsp3) is 0.923. The van der Waals surface area contributed by atoms with Gasteiger partial charge in [0.25, 0.3) is 0 Å². The van der Waals surface area contributed by atoms with Crippen molar-refractivity contribution in [2.75, 3.05) is 13.7 Å². The summed E-state index contributed by atoms with van der Waals surface area (Å²) in [5.74, 6) is -2.04. The van der Waals surface area contributed by atoms with Crippen LogP contribution in [0.15, 0.2) is 0 Å². The molecule has 0 amide bonds. The van der Waals surface area contributed by atoms with E-state index >= 15 is 0 Å². The van der Waals surface area contributed by atoms with Crippen LogP contribution in [0.4, 0.5) is 0 Å². The molecular weight excluding hydrogens is 666 g/mol. The number of carboxylic acids is 1. The topological polar surface area (TPSA) is 372 Å². The number of rotatable bonds is 13. The second-order valence-corrected chi connectivity index (χ2v) is 12.3. The van der Waals surface area contributed by atoms with E-state index in [9.17, 15) is 62.9 Å². The van der Waals surface area contributed by atoms with Gasteiger partial charge in [-0.25, -0.2) is 17.3 Å². The zero-order valence-corrected chi connectivity index (χ0v) is 23.0. The Kier molecular flexibility index (Phi) is 11.5. The second-order valence-electron chi connectivity index (χ2n) is 7.93. The van der Waals surface area contributed by atoms with Gasteiger partial charge in [-0.1, -0.05) is 0 Å². The van der Waals surface area contributed by atoms with Crippen LogP contribution in [0.2, 0.25) is 0 Å². The number of carbonyl (C=O) groups is 1. The lowest BCUT2D eigenvalue weighted by atomic mass is 9.96. The minimum absolute atomic E-state index is 0.790. The molecule has 10 atom stereocenters. The van der Waals surface area contributed by atoms with Crippen molar-refractivity contribution in [3.8, 4) is 0 Å². The summed E-state index contributed by atoms with van der Waals surface area (Å²) in [6.07, 6.45) is -21.7. The zero-order chi connectivity index (χ0) is 31.7. The molecule has 0 aliphatic carbocycles. The quantitative estimate of drug-likeness (QED) is 0.0835. The summed E-state index contributed by atoms with van der Waals surface area (Å²) in [4.78, 5) is 11.7. The Morgan fingerprint density at radius 1 is 0.805 bits per heavy atom. The van der Waals surface area contributed by atoms with Crippen molar-refractivity contribution in [2.45, 2.75) is 61.3 Å². The Bertz CT molecular complexity index is 1360. The molecular formula is C13H23NO23S4. The van der Waals surface area contributed by atoms with E-state index in [4.69, 9.17) is 23.3 Å². The molecule has 24 nitrogen and oxygen atoms in total. The van der Waals surface area contributed by atoms with Crippen LogP contribution in [0, 0.1) is 0 Å². The van der Waals surface area contributed by atoms with E-state index in [1.165, 1.54) is 4.72 Å². The number of aliphatic carboxylic acids is 1. The molecule has 0 radical (unpaired) electrons. The van der Waals surface area contributed by atoms with Crippen molar-refractivity contribution < 1.29 is 103 Å². The number of aliphatic hydroxyl groups excluding tert-OH is 2. The molecule has 2 aliphatic heterocycles. The first-order chi connectivity index (χ1) is 18.4. The molecule has 2 heterocycles. The van der Waals surface area contributed by atoms with Crippen LogP contribution >= 0.6 is 0 Å². The molecule has 0 saturated carbocycles. The molecule has 2 rings (SSSR count). The molecule has 41 heavy (non-hydrogen) atoms. The molecule has 2 fully saturated rings. The van der Waals surface area contributed by atoms with Crippen molar-refractivity contribution >= 4 is 47.5 Å². The van der Waals surface area contributed by atoms with E-state index in [-0.39, 0.29) is 0 Å². The van der Waals surface area contributed by atoms with Gasteiger partial charge in [0.1, 0.15) is 36.6 Å². The van der Waals surface area contributed by atoms with Crippen LogP contribution in [0.5, 0.6) is 0 Å². The van der Waals surface area contributed by atoms with E-state index in [1.807, 2.05) is 0 Å². The van der Waals surface area contributed by atoms with Gasteiger partial charge < -0.3 is 34.3 Å². The number of hydrogen-bond acceptors (Lipinski definition) is 18. The fourth-order valence-electron chi connectivity index (χ4n) is 3.73. The maximum Gasteiger partial charge on any atom is 0.397 e. The average Bonchev–Trinajstić information content (AvgIpc) is 2.75. The van der Waals surface area contributed by atoms with Gasteiger partial charge in [0.15, 0.2) is 24.8 Å². The minimum atomic E-state index is -5.58. The van der Waals surface area contributed by atoms with E-state index in [0.29, 0.717) is 0 Å². The van der Waals surface area contributed by atoms with E-state index in [2.05, 4.69) is 17.3 Å². The Labute approximate surface area is 230 Å². The van der Waals surface area contributed by atoms with Crippen LogP contribution < -0.4 is 4.72 Å². The number of carboxylic acid groups (broad SMARTS) is 1. The van der Waals surface area contributed by atoms with Crippen LogP contribution in [-0.4, -0.2) is 148 Å². The van der Waals surface area contributed by atoms with Crippen molar-refractivity contribution in [3.63, 3.8) is 0 Å². The number of hydrogen-bond donors (Lipinski definition) is 8. The fourth-order valence-corrected chi connectivity index (χ4v) is 5.63. The standard InChI is InChI=1S/C13H23NO23S4/c1-31-6-3(2-32-39(22,23)24)33-13(4(14-38(19,20)21)7(6)36-40(25,26)27)35-8-5(15)9(37-41(28,29)30)12(18)34-10(8)11(16)17/h3-10,12-15,18H,2H2,1H3,(H,16,17)(H,19,20,21)(H,22,23,24)(H,25,26,27)(H,28,29,30)/t3-,4-,5+,6-,7-,8+,9-,10-,12-,13+/m1/s1. The monoisotopic (exact) mass is 689 g/mol. The van der Waals surface area contributed by atoms with Gasteiger partial charge >= 0.3 is 47.5 Å². The second kappa shape index (κ2) is 13.1. The third-order valence-corrected chi connectivity index (χ3v) is 7.06. The van der Waals surface area contributed by atoms with Crippen LogP contribution in [0.1, 0.15) is 0 Å². The smallest absolute Gasteiger partial charge is 0.397 e. The van der Waals surface area contributed by atoms with Crippen LogP contribution in [0.3, 0.4) is 0 Å². The third-order valence-electron chi connectivity index (χ3n) is 5.12. The first-order valence-electron chi connectivity index (χ1n) is 10.2. The van der Waals surface area contributed by atoms with Crippen molar-refractivity contribution in [3.05, 3.63) is 0 Å². The van der Waals surface area contributed by atoms with E-state index in [0.717, 1.165) is 7.11 Å². The third kappa shape index (κ3) is 10.7. The summed E-state index contributed by atoms with van der Waals surface area (Å²) in [7, 11) is -21.0. The first kappa shape index (κ1) is 35.9. The number of methoxy groups -OCH3 is 1. The van der Waals surface area contributed by atoms with Gasteiger partial charge in [0.2, 0.25) is 0 Å². The first-order valence-corrected chi connectivity index (χ1v) is 15.7. The minimum Gasteiger partial charge on any atom is -0.479 e. The lowest BCUT2D eigenvalue weighted by Gasteiger charge is -2.47. The number of ether oxygens (including phenoxy) is 4. The Balaban J connectivity index is 2.63. The molecule has 2 saturated heterocycles. The van der Waals surface area contributed by atoms with Gasteiger partial charge in [-0.15, -0.1) is 0 Å². The summed E-state index contributed by atoms with van der Waals surface area (Å²) in [5.41, 5.74) is 0. The summed E-state index contributed by atoms with van der Waals surface area (Å²) in [6.45, 7) is -1.31. The van der Waals surface area contributed by atoms with Gasteiger partial charge in [-0.2, -0.15) is 38.4 Å². The highest BCUT2D eigenvalue weighted by molar-refractivity contribution is 7.83. The average molecular weight is 690 g/mol. The highest BCUT2D eigenvalue weighted by atomic mass is 32.3. The lowest BCUT2D eigenvalue weighted by Crippen LogP contribution is -2.69. The molecule has 28 heteroatoms. The van der Waals surface area contributed by atoms with E-state index in [1.54, 1.807) is 0 Å². The SMILES string of the molecule is CO[C@H]1[C@H](OS(=O)(=O)O)[C@@H](NS(=O)(=O)O)[C@H](O[C@H]2[C@H](O)[C@@H](OS(=O)(=O)O)[C@H](O)O[C@H]2C(=O)O)O[C@@H]1COS(=O)(=O)O. The maximum atomic E-state index is 11.7. The van der Waals surface area contributed by atoms with Gasteiger partial charge in [0, 0.05) is 7.11 Å². The molecule has 242 valence electrons. The predicted octanol–water partition coefficient (Wildman–Crippen LogP) is -5.77. The van der Waals surface area contributed by atoms with Crippen molar-refractivity contribution in [1.82, 2.24) is 4.72 Å². The van der Waals surface area contributed by atoms with Gasteiger partial charge in [-0.3, -0.25) is 18.2 Å². The number of nitrogens with one attached hydrogen (secondary N) is 1. The van der Waals surface area contributed by atoms with Gasteiger partial charge in [0.05, 0.1) is 6.61 Å². The summed E-state index contributed by atoms with van der Waals surface area (Å²) >= 11 is 0. The lowest BCUT2D eigenvalue weighted by molar-refractivity contribution is -0.331. The molecule has 2 aliphatic rings. The summed E-state index contributed by atoms with van der Waals surface area (Å²) < 4.78 is 161. The zero-order valence-electron chi connectivity index (χ0n) is 19.8. The Morgan fingerprint density at radius 2 is 1.34 bits per heavy atom. The molecule has 0 aromatic carbocycles. The highest BCUT2D eigenvalue weighted by Gasteiger charge is 2.56. The molecule has 8 N–H and O–H groups in total.